The first kappa shape index (κ1) is 16.2. The highest BCUT2D eigenvalue weighted by molar-refractivity contribution is 5.96. The van der Waals surface area contributed by atoms with Gasteiger partial charge in [0.15, 0.2) is 0 Å². The number of amides is 1. The SMILES string of the molecule is COc1nc2c(cc1C(=O)NCC(O)c1cccc(=O)[nH]1)CCC2. The molecule has 1 amide bonds. The summed E-state index contributed by atoms with van der Waals surface area (Å²) in [5.41, 5.74) is 2.44. The van der Waals surface area contributed by atoms with E-state index in [9.17, 15) is 14.7 Å². The molecule has 0 radical (unpaired) electrons. The molecule has 0 saturated carbocycles. The Morgan fingerprint density at radius 1 is 1.46 bits per heavy atom. The van der Waals surface area contributed by atoms with Crippen LogP contribution in [0.2, 0.25) is 0 Å². The van der Waals surface area contributed by atoms with Crippen LogP contribution >= 0.6 is 0 Å². The molecule has 2 aromatic heterocycles. The molecule has 0 spiro atoms. The van der Waals surface area contributed by atoms with Gasteiger partial charge in [-0.15, -0.1) is 0 Å². The van der Waals surface area contributed by atoms with Crippen LogP contribution in [-0.4, -0.2) is 34.6 Å². The monoisotopic (exact) mass is 329 g/mol. The lowest BCUT2D eigenvalue weighted by atomic mass is 10.1. The first-order valence-corrected chi connectivity index (χ1v) is 7.80. The molecule has 2 aromatic rings. The van der Waals surface area contributed by atoms with Gasteiger partial charge in [0.1, 0.15) is 11.7 Å². The Kier molecular flexibility index (Phi) is 4.61. The lowest BCUT2D eigenvalue weighted by Gasteiger charge is -2.14. The number of rotatable bonds is 5. The molecule has 0 aliphatic heterocycles. The molecule has 1 aliphatic rings. The molecule has 2 heterocycles. The van der Waals surface area contributed by atoms with Gasteiger partial charge in [0.2, 0.25) is 11.4 Å². The average molecular weight is 329 g/mol. The number of aromatic nitrogens is 2. The van der Waals surface area contributed by atoms with Gasteiger partial charge in [-0.05, 0) is 37.0 Å². The molecule has 1 unspecified atom stereocenters. The van der Waals surface area contributed by atoms with Crippen LogP contribution in [0.3, 0.4) is 0 Å². The Hall–Kier alpha value is -2.67. The summed E-state index contributed by atoms with van der Waals surface area (Å²) in [6.07, 6.45) is 1.82. The third kappa shape index (κ3) is 3.30. The van der Waals surface area contributed by atoms with Gasteiger partial charge in [-0.1, -0.05) is 6.07 Å². The molecule has 0 saturated heterocycles. The standard InChI is InChI=1S/C17H19N3O4/c1-24-17-11(8-10-4-2-5-12(10)20-17)16(23)18-9-14(21)13-6-3-7-15(22)19-13/h3,6-8,14,21H,2,4-5,9H2,1H3,(H,18,23)(H,19,22). The summed E-state index contributed by atoms with van der Waals surface area (Å²) in [7, 11) is 1.48. The van der Waals surface area contributed by atoms with E-state index >= 15 is 0 Å². The summed E-state index contributed by atoms with van der Waals surface area (Å²) in [4.78, 5) is 30.6. The molecule has 1 atom stereocenters. The number of aromatic amines is 1. The minimum Gasteiger partial charge on any atom is -0.480 e. The van der Waals surface area contributed by atoms with Crippen LogP contribution in [0.15, 0.2) is 29.1 Å². The number of hydrogen-bond donors (Lipinski definition) is 3. The molecule has 24 heavy (non-hydrogen) atoms. The van der Waals surface area contributed by atoms with Crippen LogP contribution in [0.1, 0.15) is 39.8 Å². The van der Waals surface area contributed by atoms with Gasteiger partial charge in [-0.3, -0.25) is 9.59 Å². The second-order valence-corrected chi connectivity index (χ2v) is 5.70. The molecular weight excluding hydrogens is 310 g/mol. The number of aliphatic hydroxyl groups is 1. The molecule has 1 aliphatic carbocycles. The van der Waals surface area contributed by atoms with Crippen LogP contribution in [0.25, 0.3) is 0 Å². The Balaban J connectivity index is 1.72. The van der Waals surface area contributed by atoms with Crippen LogP contribution in [0, 0.1) is 0 Å². The summed E-state index contributed by atoms with van der Waals surface area (Å²) >= 11 is 0. The van der Waals surface area contributed by atoms with Crippen molar-refractivity contribution in [3.8, 4) is 5.88 Å². The van der Waals surface area contributed by atoms with Crippen molar-refractivity contribution in [3.63, 3.8) is 0 Å². The molecule has 126 valence electrons. The molecule has 0 aromatic carbocycles. The molecule has 7 heteroatoms. The van der Waals surface area contributed by atoms with E-state index in [4.69, 9.17) is 4.74 Å². The number of H-pyrrole nitrogens is 1. The number of aliphatic hydroxyl groups excluding tert-OH is 1. The predicted molar refractivity (Wildman–Crippen MR) is 87.2 cm³/mol. The van der Waals surface area contributed by atoms with Crippen molar-refractivity contribution in [2.24, 2.45) is 0 Å². The van der Waals surface area contributed by atoms with Gasteiger partial charge in [-0.25, -0.2) is 4.98 Å². The first-order chi connectivity index (χ1) is 11.6. The molecular formula is C17H19N3O4. The fraction of sp³-hybridized carbons (Fsp3) is 0.353. The minimum absolute atomic E-state index is 0.0287. The fourth-order valence-electron chi connectivity index (χ4n) is 2.83. The Bertz CT molecular complexity index is 816. The van der Waals surface area contributed by atoms with E-state index < -0.39 is 6.10 Å². The van der Waals surface area contributed by atoms with Crippen molar-refractivity contribution in [3.05, 3.63) is 57.1 Å². The van der Waals surface area contributed by atoms with Crippen molar-refractivity contribution >= 4 is 5.91 Å². The van der Waals surface area contributed by atoms with E-state index in [-0.39, 0.29) is 23.9 Å². The van der Waals surface area contributed by atoms with Crippen molar-refractivity contribution in [1.82, 2.24) is 15.3 Å². The number of carbonyl (C=O) groups excluding carboxylic acids is 1. The number of nitrogens with one attached hydrogen (secondary N) is 2. The zero-order valence-corrected chi connectivity index (χ0v) is 13.3. The lowest BCUT2D eigenvalue weighted by molar-refractivity contribution is 0.0910. The summed E-state index contributed by atoms with van der Waals surface area (Å²) < 4.78 is 5.22. The van der Waals surface area contributed by atoms with Gasteiger partial charge in [0.25, 0.3) is 5.91 Å². The Morgan fingerprint density at radius 3 is 3.04 bits per heavy atom. The van der Waals surface area contributed by atoms with E-state index in [0.717, 1.165) is 30.5 Å². The summed E-state index contributed by atoms with van der Waals surface area (Å²) in [5.74, 6) is -0.0814. The highest BCUT2D eigenvalue weighted by atomic mass is 16.5. The second kappa shape index (κ2) is 6.84. The maximum Gasteiger partial charge on any atom is 0.256 e. The number of hydrogen-bond acceptors (Lipinski definition) is 5. The van der Waals surface area contributed by atoms with Crippen molar-refractivity contribution in [1.29, 1.82) is 0 Å². The van der Waals surface area contributed by atoms with E-state index in [1.54, 1.807) is 18.2 Å². The van der Waals surface area contributed by atoms with Crippen molar-refractivity contribution in [2.75, 3.05) is 13.7 Å². The number of pyridine rings is 2. The third-order valence-corrected chi connectivity index (χ3v) is 4.06. The zero-order chi connectivity index (χ0) is 17.1. The molecule has 3 N–H and O–H groups in total. The first-order valence-electron chi connectivity index (χ1n) is 7.80. The number of nitrogens with zero attached hydrogens (tertiary/aromatic N) is 1. The van der Waals surface area contributed by atoms with Crippen molar-refractivity contribution in [2.45, 2.75) is 25.4 Å². The highest BCUT2D eigenvalue weighted by Gasteiger charge is 2.21. The highest BCUT2D eigenvalue weighted by Crippen LogP contribution is 2.26. The molecule has 0 fully saturated rings. The minimum atomic E-state index is -1.00. The van der Waals surface area contributed by atoms with E-state index in [1.807, 2.05) is 0 Å². The molecule has 3 rings (SSSR count). The normalized spacial score (nSPS) is 14.1. The van der Waals surface area contributed by atoms with Crippen LogP contribution < -0.4 is 15.6 Å². The smallest absolute Gasteiger partial charge is 0.256 e. The van der Waals surface area contributed by atoms with Gasteiger partial charge in [0, 0.05) is 24.0 Å². The largest absolute Gasteiger partial charge is 0.480 e. The van der Waals surface area contributed by atoms with Gasteiger partial charge < -0.3 is 20.1 Å². The third-order valence-electron chi connectivity index (χ3n) is 4.06. The van der Waals surface area contributed by atoms with E-state index in [1.165, 1.54) is 13.2 Å². The quantitative estimate of drug-likeness (QED) is 0.750. The summed E-state index contributed by atoms with van der Waals surface area (Å²) in [6.45, 7) is -0.0287. The maximum absolute atomic E-state index is 12.4. The fourth-order valence-corrected chi connectivity index (χ4v) is 2.83. The Labute approximate surface area is 138 Å². The number of aryl methyl sites for hydroxylation is 2. The average Bonchev–Trinajstić information content (AvgIpc) is 3.05. The summed E-state index contributed by atoms with van der Waals surface area (Å²) in [6, 6.07) is 6.30. The number of carbonyl (C=O) groups is 1. The zero-order valence-electron chi connectivity index (χ0n) is 13.3. The topological polar surface area (TPSA) is 104 Å². The van der Waals surface area contributed by atoms with Gasteiger partial charge >= 0.3 is 0 Å². The summed E-state index contributed by atoms with van der Waals surface area (Å²) in [5, 5.41) is 12.7. The van der Waals surface area contributed by atoms with Gasteiger partial charge in [-0.2, -0.15) is 0 Å². The second-order valence-electron chi connectivity index (χ2n) is 5.70. The molecule has 0 bridgehead atoms. The lowest BCUT2D eigenvalue weighted by Crippen LogP contribution is -2.30. The van der Waals surface area contributed by atoms with Crippen molar-refractivity contribution < 1.29 is 14.6 Å². The molecule has 7 nitrogen and oxygen atoms in total. The van der Waals surface area contributed by atoms with Gasteiger partial charge in [0.05, 0.1) is 7.11 Å². The Morgan fingerprint density at radius 2 is 2.29 bits per heavy atom. The number of ether oxygens (including phenoxy) is 1. The maximum atomic E-state index is 12.4. The number of methoxy groups -OCH3 is 1. The van der Waals surface area contributed by atoms with Crippen LogP contribution in [0.5, 0.6) is 5.88 Å². The van der Waals surface area contributed by atoms with Crippen LogP contribution in [-0.2, 0) is 12.8 Å². The van der Waals surface area contributed by atoms with E-state index in [0.29, 0.717) is 11.3 Å². The van der Waals surface area contributed by atoms with Crippen LogP contribution in [0.4, 0.5) is 0 Å². The number of fused-ring (bicyclic) bond motifs is 1. The van der Waals surface area contributed by atoms with E-state index in [2.05, 4.69) is 15.3 Å². The predicted octanol–water partition coefficient (Wildman–Crippen LogP) is 0.731.